The average Bonchev–Trinajstić information content (AvgIpc) is 2.46. The third kappa shape index (κ3) is 3.59. The van der Waals surface area contributed by atoms with Gasteiger partial charge >= 0.3 is 0 Å². The molecule has 3 nitrogen and oxygen atoms in total. The molecule has 0 saturated carbocycles. The molecule has 1 unspecified atom stereocenters. The van der Waals surface area contributed by atoms with Gasteiger partial charge in [-0.1, -0.05) is 12.1 Å². The Labute approximate surface area is 123 Å². The van der Waals surface area contributed by atoms with E-state index in [2.05, 4.69) is 6.07 Å². The van der Waals surface area contributed by atoms with Crippen LogP contribution >= 0.6 is 0 Å². The highest BCUT2D eigenvalue weighted by Gasteiger charge is 2.08. The zero-order valence-electron chi connectivity index (χ0n) is 12.1. The van der Waals surface area contributed by atoms with E-state index in [0.29, 0.717) is 5.56 Å². The summed E-state index contributed by atoms with van der Waals surface area (Å²) in [5.41, 5.74) is 8.91. The Bertz CT molecular complexity index is 690. The Morgan fingerprint density at radius 1 is 1.29 bits per heavy atom. The van der Waals surface area contributed by atoms with E-state index in [-0.39, 0.29) is 18.4 Å². The summed E-state index contributed by atoms with van der Waals surface area (Å²) >= 11 is 0. The lowest BCUT2D eigenvalue weighted by Crippen LogP contribution is -2.06. The summed E-state index contributed by atoms with van der Waals surface area (Å²) in [5, 5.41) is 8.83. The maximum absolute atomic E-state index is 13.9. The Hall–Kier alpha value is -2.38. The van der Waals surface area contributed by atoms with Crippen LogP contribution < -0.4 is 10.5 Å². The number of hydrogen-bond acceptors (Lipinski definition) is 3. The molecule has 0 aromatic heterocycles. The van der Waals surface area contributed by atoms with Crippen LogP contribution in [0, 0.1) is 24.1 Å². The number of nitrogens with two attached hydrogens (primary N) is 1. The monoisotopic (exact) mass is 284 g/mol. The van der Waals surface area contributed by atoms with Gasteiger partial charge in [-0.05, 0) is 54.8 Å². The van der Waals surface area contributed by atoms with Gasteiger partial charge in [0.25, 0.3) is 0 Å². The molecule has 0 aliphatic heterocycles. The second kappa shape index (κ2) is 6.38. The Morgan fingerprint density at radius 2 is 2.05 bits per heavy atom. The molecule has 1 atom stereocenters. The maximum Gasteiger partial charge on any atom is 0.165 e. The summed E-state index contributed by atoms with van der Waals surface area (Å²) in [4.78, 5) is 0. The highest BCUT2D eigenvalue weighted by Crippen LogP contribution is 2.22. The molecule has 0 bridgehead atoms. The summed E-state index contributed by atoms with van der Waals surface area (Å²) in [6.45, 7) is 3.95. The lowest BCUT2D eigenvalue weighted by molar-refractivity contribution is 0.289. The molecule has 21 heavy (non-hydrogen) atoms. The second-order valence-electron chi connectivity index (χ2n) is 5.02. The quantitative estimate of drug-likeness (QED) is 0.933. The van der Waals surface area contributed by atoms with Gasteiger partial charge < -0.3 is 10.5 Å². The maximum atomic E-state index is 13.9. The van der Waals surface area contributed by atoms with Gasteiger partial charge in [0.05, 0.1) is 11.6 Å². The first-order valence-corrected chi connectivity index (χ1v) is 6.68. The molecule has 0 saturated heterocycles. The van der Waals surface area contributed by atoms with E-state index < -0.39 is 5.82 Å². The standard InChI is InChI=1S/C17H17FN2O/c1-11-7-13(9-19)3-4-15(11)10-21-17-6-5-14(12(2)20)8-16(17)18/h3-8,12H,10,20H2,1-2H3. The van der Waals surface area contributed by atoms with E-state index in [1.807, 2.05) is 13.0 Å². The van der Waals surface area contributed by atoms with Crippen LogP contribution in [0.3, 0.4) is 0 Å². The molecule has 108 valence electrons. The number of nitrogens with zero attached hydrogens (tertiary/aromatic N) is 1. The zero-order valence-corrected chi connectivity index (χ0v) is 12.1. The lowest BCUT2D eigenvalue weighted by atomic mass is 10.1. The normalized spacial score (nSPS) is 11.8. The molecule has 0 radical (unpaired) electrons. The van der Waals surface area contributed by atoms with Crippen molar-refractivity contribution in [1.82, 2.24) is 0 Å². The third-order valence-corrected chi connectivity index (χ3v) is 3.34. The van der Waals surface area contributed by atoms with Gasteiger partial charge in [-0.3, -0.25) is 0 Å². The van der Waals surface area contributed by atoms with E-state index in [4.69, 9.17) is 15.7 Å². The van der Waals surface area contributed by atoms with Gasteiger partial charge in [-0.15, -0.1) is 0 Å². The first-order chi connectivity index (χ1) is 10.0. The van der Waals surface area contributed by atoms with Crippen molar-refractivity contribution < 1.29 is 9.13 Å². The zero-order chi connectivity index (χ0) is 15.4. The summed E-state index contributed by atoms with van der Waals surface area (Å²) in [6, 6.07) is 11.9. The van der Waals surface area contributed by atoms with Crippen LogP contribution in [-0.4, -0.2) is 0 Å². The summed E-state index contributed by atoms with van der Waals surface area (Å²) in [7, 11) is 0. The molecule has 0 heterocycles. The fraction of sp³-hybridized carbons (Fsp3) is 0.235. The van der Waals surface area contributed by atoms with E-state index in [9.17, 15) is 4.39 Å². The largest absolute Gasteiger partial charge is 0.486 e. The molecule has 2 aromatic rings. The Morgan fingerprint density at radius 3 is 2.62 bits per heavy atom. The van der Waals surface area contributed by atoms with Crippen molar-refractivity contribution in [3.63, 3.8) is 0 Å². The average molecular weight is 284 g/mol. The van der Waals surface area contributed by atoms with Crippen LogP contribution in [0.1, 0.15) is 35.2 Å². The van der Waals surface area contributed by atoms with Gasteiger partial charge in [0.2, 0.25) is 0 Å². The van der Waals surface area contributed by atoms with Crippen molar-refractivity contribution in [2.45, 2.75) is 26.5 Å². The van der Waals surface area contributed by atoms with Gasteiger partial charge in [0.1, 0.15) is 6.61 Å². The third-order valence-electron chi connectivity index (χ3n) is 3.34. The highest BCUT2D eigenvalue weighted by molar-refractivity contribution is 5.37. The summed E-state index contributed by atoms with van der Waals surface area (Å²) in [6.07, 6.45) is 0. The molecule has 0 aliphatic rings. The number of aryl methyl sites for hydroxylation is 1. The van der Waals surface area contributed by atoms with E-state index in [0.717, 1.165) is 16.7 Å². The molecule has 0 aliphatic carbocycles. The molecule has 0 amide bonds. The molecule has 2 N–H and O–H groups in total. The van der Waals surface area contributed by atoms with Gasteiger partial charge in [0.15, 0.2) is 11.6 Å². The minimum atomic E-state index is -0.420. The highest BCUT2D eigenvalue weighted by atomic mass is 19.1. The Balaban J connectivity index is 2.12. The Kier molecular flexibility index (Phi) is 4.56. The number of hydrogen-bond donors (Lipinski definition) is 1. The number of nitriles is 1. The topological polar surface area (TPSA) is 59.0 Å². The first-order valence-electron chi connectivity index (χ1n) is 6.68. The predicted molar refractivity (Wildman–Crippen MR) is 79.2 cm³/mol. The van der Waals surface area contributed by atoms with Crippen molar-refractivity contribution in [3.8, 4) is 11.8 Å². The van der Waals surface area contributed by atoms with Crippen molar-refractivity contribution in [1.29, 1.82) is 5.26 Å². The molecular weight excluding hydrogens is 267 g/mol. The molecule has 0 fully saturated rings. The molecule has 4 heteroatoms. The van der Waals surface area contributed by atoms with Crippen LogP contribution in [0.15, 0.2) is 36.4 Å². The van der Waals surface area contributed by atoms with Crippen molar-refractivity contribution in [2.24, 2.45) is 5.73 Å². The van der Waals surface area contributed by atoms with Crippen molar-refractivity contribution in [3.05, 3.63) is 64.5 Å². The smallest absolute Gasteiger partial charge is 0.165 e. The second-order valence-corrected chi connectivity index (χ2v) is 5.02. The van der Waals surface area contributed by atoms with Crippen LogP contribution in [0.2, 0.25) is 0 Å². The van der Waals surface area contributed by atoms with Crippen LogP contribution in [0.25, 0.3) is 0 Å². The van der Waals surface area contributed by atoms with Crippen LogP contribution in [0.5, 0.6) is 5.75 Å². The minimum Gasteiger partial charge on any atom is -0.486 e. The van der Waals surface area contributed by atoms with Gasteiger partial charge in [-0.25, -0.2) is 4.39 Å². The lowest BCUT2D eigenvalue weighted by Gasteiger charge is -2.12. The van der Waals surface area contributed by atoms with Crippen molar-refractivity contribution >= 4 is 0 Å². The number of ether oxygens (including phenoxy) is 1. The van der Waals surface area contributed by atoms with E-state index >= 15 is 0 Å². The SMILES string of the molecule is Cc1cc(C#N)ccc1COc1ccc(C(C)N)cc1F. The van der Waals surface area contributed by atoms with E-state index in [1.54, 1.807) is 31.2 Å². The summed E-state index contributed by atoms with van der Waals surface area (Å²) in [5.74, 6) is -0.223. The van der Waals surface area contributed by atoms with Crippen LogP contribution in [0.4, 0.5) is 4.39 Å². The number of benzene rings is 2. The number of rotatable bonds is 4. The molecule has 2 rings (SSSR count). The molecular formula is C17H17FN2O. The minimum absolute atomic E-state index is 0.197. The first kappa shape index (κ1) is 15.0. The molecule has 0 spiro atoms. The van der Waals surface area contributed by atoms with Crippen molar-refractivity contribution in [2.75, 3.05) is 0 Å². The number of halogens is 1. The fourth-order valence-corrected chi connectivity index (χ4v) is 2.00. The fourth-order valence-electron chi connectivity index (χ4n) is 2.00. The summed E-state index contributed by atoms with van der Waals surface area (Å²) < 4.78 is 19.4. The van der Waals surface area contributed by atoms with Gasteiger partial charge in [-0.2, -0.15) is 5.26 Å². The molecule has 2 aromatic carbocycles. The van der Waals surface area contributed by atoms with E-state index in [1.165, 1.54) is 6.07 Å². The predicted octanol–water partition coefficient (Wildman–Crippen LogP) is 3.60. The van der Waals surface area contributed by atoms with Crippen LogP contribution in [-0.2, 0) is 6.61 Å². The van der Waals surface area contributed by atoms with Gasteiger partial charge in [0, 0.05) is 6.04 Å².